The average molecular weight is 282 g/mol. The fraction of sp³-hybridized carbons (Fsp3) is 0.818. The van der Waals surface area contributed by atoms with E-state index in [0.717, 1.165) is 24.1 Å². The third kappa shape index (κ3) is 7.97. The smallest absolute Gasteiger partial charge is 0.372 e. The van der Waals surface area contributed by atoms with Crippen molar-refractivity contribution in [3.63, 3.8) is 0 Å². The molecule has 0 spiro atoms. The maximum absolute atomic E-state index is 10.6. The molecule has 0 aromatic carbocycles. The van der Waals surface area contributed by atoms with E-state index < -0.39 is 7.82 Å². The number of nitrogens with zero attached hydrogens (tertiary/aromatic N) is 1. The molecule has 0 atom stereocenters. The lowest BCUT2D eigenvalue weighted by Crippen LogP contribution is -2.51. The van der Waals surface area contributed by atoms with Crippen molar-refractivity contribution in [3.05, 3.63) is 12.7 Å². The summed E-state index contributed by atoms with van der Waals surface area (Å²) in [5.74, 6) is 0. The van der Waals surface area contributed by atoms with Gasteiger partial charge in [0.05, 0.1) is 26.3 Å². The Balaban J connectivity index is 4.16. The number of phosphoric acid groups is 1. The molecule has 0 aromatic rings. The van der Waals surface area contributed by atoms with Gasteiger partial charge in [-0.1, -0.05) is 6.08 Å². The van der Waals surface area contributed by atoms with E-state index >= 15 is 0 Å². The van der Waals surface area contributed by atoms with Crippen molar-refractivity contribution in [2.24, 2.45) is 0 Å². The van der Waals surface area contributed by atoms with Gasteiger partial charge in [0.15, 0.2) is 0 Å². The van der Waals surface area contributed by atoms with Crippen molar-refractivity contribution in [3.8, 4) is 0 Å². The fourth-order valence-electron chi connectivity index (χ4n) is 1.75. The largest absolute Gasteiger partial charge is 0.469 e. The zero-order valence-corrected chi connectivity index (χ0v) is 12.1. The highest BCUT2D eigenvalue weighted by Crippen LogP contribution is 2.35. The second-order valence-corrected chi connectivity index (χ2v) is 5.35. The molecule has 0 saturated carbocycles. The predicted molar refractivity (Wildman–Crippen MR) is 70.1 cm³/mol. The first-order valence-corrected chi connectivity index (χ1v) is 7.66. The molecule has 0 aliphatic heterocycles. The van der Waals surface area contributed by atoms with Crippen molar-refractivity contribution in [1.29, 1.82) is 0 Å². The topological polar surface area (TPSA) is 76.0 Å². The lowest BCUT2D eigenvalue weighted by atomic mass is 10.3. The van der Waals surface area contributed by atoms with Crippen LogP contribution in [0.2, 0.25) is 0 Å². The molecule has 0 aliphatic rings. The van der Waals surface area contributed by atoms with Crippen LogP contribution in [0.5, 0.6) is 0 Å². The zero-order chi connectivity index (χ0) is 14.1. The average Bonchev–Trinajstić information content (AvgIpc) is 2.31. The van der Waals surface area contributed by atoms with Gasteiger partial charge in [0, 0.05) is 0 Å². The van der Waals surface area contributed by atoms with Gasteiger partial charge in [-0.25, -0.2) is 4.57 Å². The summed E-state index contributed by atoms with van der Waals surface area (Å²) >= 11 is 0. The number of phosphoric ester groups is 1. The van der Waals surface area contributed by atoms with Gasteiger partial charge in [0.25, 0.3) is 0 Å². The molecule has 108 valence electrons. The number of ether oxygens (including phenoxy) is 1. The second-order valence-electron chi connectivity index (χ2n) is 4.11. The van der Waals surface area contributed by atoms with Crippen LogP contribution in [-0.4, -0.2) is 60.3 Å². The van der Waals surface area contributed by atoms with Crippen LogP contribution in [0.1, 0.15) is 13.8 Å². The zero-order valence-electron chi connectivity index (χ0n) is 11.2. The van der Waals surface area contributed by atoms with Gasteiger partial charge in [-0.3, -0.25) is 4.52 Å². The Kier molecular flexibility index (Phi) is 8.69. The van der Waals surface area contributed by atoms with Gasteiger partial charge < -0.3 is 19.0 Å². The normalized spacial score (nSPS) is 12.7. The van der Waals surface area contributed by atoms with Crippen LogP contribution in [0.4, 0.5) is 0 Å². The Morgan fingerprint density at radius 1 is 1.22 bits per heavy atom. The summed E-state index contributed by atoms with van der Waals surface area (Å²) in [5.41, 5.74) is 0. The van der Waals surface area contributed by atoms with Crippen LogP contribution in [0.25, 0.3) is 0 Å². The van der Waals surface area contributed by atoms with E-state index in [1.54, 1.807) is 6.08 Å². The standard InChI is InChI=1S/C11H24NO5P/c1-4-9-16-10-7-12(5-2,6-3)8-11-17-18(13,14)15/h4H,1,5-11H2,2-3H3,(H-,13,14,15)/p+1. The Labute approximate surface area is 109 Å². The van der Waals surface area contributed by atoms with Crippen molar-refractivity contribution in [1.82, 2.24) is 0 Å². The van der Waals surface area contributed by atoms with E-state index in [1.165, 1.54) is 0 Å². The molecule has 0 heterocycles. The lowest BCUT2D eigenvalue weighted by Gasteiger charge is -2.36. The van der Waals surface area contributed by atoms with Gasteiger partial charge in [-0.2, -0.15) is 0 Å². The first-order valence-electron chi connectivity index (χ1n) is 6.13. The summed E-state index contributed by atoms with van der Waals surface area (Å²) in [5, 5.41) is 0. The van der Waals surface area contributed by atoms with E-state index in [-0.39, 0.29) is 6.61 Å². The third-order valence-corrected chi connectivity index (χ3v) is 3.63. The molecule has 0 rings (SSSR count). The van der Waals surface area contributed by atoms with Crippen LogP contribution in [0.15, 0.2) is 12.7 Å². The Morgan fingerprint density at radius 3 is 2.22 bits per heavy atom. The minimum Gasteiger partial charge on any atom is -0.372 e. The maximum atomic E-state index is 10.6. The Morgan fingerprint density at radius 2 is 1.78 bits per heavy atom. The minimum atomic E-state index is -4.36. The van der Waals surface area contributed by atoms with E-state index in [2.05, 4.69) is 25.0 Å². The van der Waals surface area contributed by atoms with Crippen LogP contribution in [-0.2, 0) is 13.8 Å². The molecule has 0 fully saturated rings. The highest BCUT2D eigenvalue weighted by atomic mass is 31.2. The summed E-state index contributed by atoms with van der Waals surface area (Å²) in [6.07, 6.45) is 1.70. The van der Waals surface area contributed by atoms with E-state index in [1.807, 2.05) is 0 Å². The van der Waals surface area contributed by atoms with E-state index in [4.69, 9.17) is 14.5 Å². The SMILES string of the molecule is C=CCOCC[N+](CC)(CC)CCOP(=O)(O)O. The second kappa shape index (κ2) is 8.80. The highest BCUT2D eigenvalue weighted by Gasteiger charge is 2.24. The van der Waals surface area contributed by atoms with Crippen molar-refractivity contribution in [2.75, 3.05) is 46.0 Å². The molecule has 0 bridgehead atoms. The molecule has 2 N–H and O–H groups in total. The molecule has 0 unspecified atom stereocenters. The van der Waals surface area contributed by atoms with Gasteiger partial charge in [0.2, 0.25) is 0 Å². The van der Waals surface area contributed by atoms with Crippen LogP contribution >= 0.6 is 7.82 Å². The summed E-state index contributed by atoms with van der Waals surface area (Å²) in [6, 6.07) is 0. The predicted octanol–water partition coefficient (Wildman–Crippen LogP) is 1.15. The van der Waals surface area contributed by atoms with Crippen LogP contribution in [0, 0.1) is 0 Å². The molecule has 0 aliphatic carbocycles. The number of hydrogen-bond donors (Lipinski definition) is 2. The summed E-state index contributed by atoms with van der Waals surface area (Å²) in [6.45, 7) is 12.0. The molecule has 18 heavy (non-hydrogen) atoms. The molecule has 0 aromatic heterocycles. The number of hydrogen-bond acceptors (Lipinski definition) is 3. The molecule has 0 amide bonds. The van der Waals surface area contributed by atoms with Crippen LogP contribution in [0.3, 0.4) is 0 Å². The van der Waals surface area contributed by atoms with Gasteiger partial charge in [0.1, 0.15) is 19.7 Å². The van der Waals surface area contributed by atoms with E-state index in [0.29, 0.717) is 19.8 Å². The van der Waals surface area contributed by atoms with Crippen LogP contribution < -0.4 is 0 Å². The summed E-state index contributed by atoms with van der Waals surface area (Å²) in [7, 11) is -4.36. The summed E-state index contributed by atoms with van der Waals surface area (Å²) < 4.78 is 21.2. The molecular formula is C11H25NO5P+. The lowest BCUT2D eigenvalue weighted by molar-refractivity contribution is -0.925. The monoisotopic (exact) mass is 282 g/mol. The quantitative estimate of drug-likeness (QED) is 0.257. The van der Waals surface area contributed by atoms with Crippen molar-refractivity contribution < 1.29 is 28.1 Å². The van der Waals surface area contributed by atoms with Crippen molar-refractivity contribution in [2.45, 2.75) is 13.8 Å². The van der Waals surface area contributed by atoms with Gasteiger partial charge in [-0.15, -0.1) is 6.58 Å². The third-order valence-electron chi connectivity index (χ3n) is 3.11. The maximum Gasteiger partial charge on any atom is 0.469 e. The first-order chi connectivity index (χ1) is 8.39. The van der Waals surface area contributed by atoms with Crippen molar-refractivity contribution >= 4 is 7.82 Å². The summed E-state index contributed by atoms with van der Waals surface area (Å²) in [4.78, 5) is 17.3. The number of quaternary nitrogens is 1. The van der Waals surface area contributed by atoms with Gasteiger partial charge in [-0.05, 0) is 13.8 Å². The van der Waals surface area contributed by atoms with E-state index in [9.17, 15) is 4.57 Å². The molecule has 7 heteroatoms. The number of rotatable bonds is 11. The fourth-order valence-corrected chi connectivity index (χ4v) is 2.07. The minimum absolute atomic E-state index is 0.0490. The molecule has 0 radical (unpaired) electrons. The number of likely N-dealkylation sites (N-methyl/N-ethyl adjacent to an activating group) is 1. The molecule has 6 nitrogen and oxygen atoms in total. The first kappa shape index (κ1) is 17.8. The Bertz CT molecular complexity index is 275. The van der Waals surface area contributed by atoms with Gasteiger partial charge >= 0.3 is 7.82 Å². The Hall–Kier alpha value is -0.230. The highest BCUT2D eigenvalue weighted by molar-refractivity contribution is 7.46. The molecular weight excluding hydrogens is 257 g/mol. The molecule has 0 saturated heterocycles.